The van der Waals surface area contributed by atoms with Gasteiger partial charge in [-0.05, 0) is 54.7 Å². The minimum Gasteiger partial charge on any atom is -0.487 e. The molecular weight excluding hydrogens is 552 g/mol. The third kappa shape index (κ3) is 5.25. The van der Waals surface area contributed by atoms with Gasteiger partial charge in [-0.2, -0.15) is 4.21 Å². The summed E-state index contributed by atoms with van der Waals surface area (Å²) in [7, 11) is 0. The normalized spacial score (nSPS) is 14.3. The lowest BCUT2D eigenvalue weighted by atomic mass is 9.97. The van der Waals surface area contributed by atoms with Crippen molar-refractivity contribution in [3.05, 3.63) is 131 Å². The van der Waals surface area contributed by atoms with Crippen LogP contribution in [0.3, 0.4) is 0 Å². The number of nitrogens with zero attached hydrogens (tertiary/aromatic N) is 1. The zero-order valence-electron chi connectivity index (χ0n) is 22.8. The van der Waals surface area contributed by atoms with Gasteiger partial charge < -0.3 is 9.72 Å². The number of para-hydroxylation sites is 2. The molecule has 2 atom stereocenters. The predicted molar refractivity (Wildman–Crippen MR) is 161 cm³/mol. The molecule has 5 aromatic rings. The fourth-order valence-corrected chi connectivity index (χ4v) is 5.93. The highest BCUT2D eigenvalue weighted by Crippen LogP contribution is 2.39. The molecule has 0 saturated carbocycles. The second-order valence-corrected chi connectivity index (χ2v) is 10.7. The Labute approximate surface area is 245 Å². The molecular formula is C33H28N2O6S. The highest BCUT2D eigenvalue weighted by Gasteiger charge is 2.39. The van der Waals surface area contributed by atoms with E-state index >= 15 is 0 Å². The molecule has 9 heteroatoms. The molecule has 212 valence electrons. The summed E-state index contributed by atoms with van der Waals surface area (Å²) in [5, 5.41) is 0.967. The van der Waals surface area contributed by atoms with Crippen molar-refractivity contribution >= 4 is 39.8 Å². The number of aromatic amines is 1. The summed E-state index contributed by atoms with van der Waals surface area (Å²) in [6, 6.07) is 27.7. The summed E-state index contributed by atoms with van der Waals surface area (Å²) in [4.78, 5) is 31.2. The first-order valence-electron chi connectivity index (χ1n) is 13.5. The van der Waals surface area contributed by atoms with Crippen LogP contribution in [0.1, 0.15) is 55.5 Å². The maximum absolute atomic E-state index is 13.4. The minimum absolute atomic E-state index is 0.313. The van der Waals surface area contributed by atoms with Crippen molar-refractivity contribution in [2.75, 3.05) is 4.90 Å². The van der Waals surface area contributed by atoms with Crippen molar-refractivity contribution in [3.63, 3.8) is 0 Å². The average molecular weight is 581 g/mol. The number of hydrogen-bond acceptors (Lipinski definition) is 5. The van der Waals surface area contributed by atoms with E-state index in [9.17, 15) is 18.4 Å². The predicted octanol–water partition coefficient (Wildman–Crippen LogP) is 6.68. The molecule has 1 aliphatic rings. The molecule has 0 aliphatic carbocycles. The Balaban J connectivity index is 1.29. The number of fused-ring (bicyclic) bond motifs is 2. The molecule has 1 aliphatic heterocycles. The molecule has 0 radical (unpaired) electrons. The largest absolute Gasteiger partial charge is 0.487 e. The van der Waals surface area contributed by atoms with Gasteiger partial charge >= 0.3 is 11.4 Å². The average Bonchev–Trinajstić information content (AvgIpc) is 3.53. The molecule has 0 fully saturated rings. The number of ether oxygens (including phenoxy) is 1. The summed E-state index contributed by atoms with van der Waals surface area (Å²) in [5.41, 5.74) is 5.06. The van der Waals surface area contributed by atoms with Crippen LogP contribution in [-0.4, -0.2) is 25.6 Å². The van der Waals surface area contributed by atoms with Crippen LogP contribution >= 0.6 is 0 Å². The lowest BCUT2D eigenvalue weighted by Gasteiger charge is -2.25. The standard InChI is InChI=1S/C33H28N2O6S/c1-21-9-7-15-27(31(21)35-32(36)25-12-5-6-13-26(25)33(35)37)28(41-42(38)39)18-17-23-19-34-30-24(23)14-8-16-29(30)40-20-22-10-3-2-4-11-22/h2-16,19,28,34H,17-18,20H2,1H3,(H,38,39). The summed E-state index contributed by atoms with van der Waals surface area (Å²) in [5.74, 6) is -0.150. The highest BCUT2D eigenvalue weighted by atomic mass is 32.2. The van der Waals surface area contributed by atoms with Gasteiger partial charge in [0.1, 0.15) is 18.5 Å². The minimum atomic E-state index is -2.59. The van der Waals surface area contributed by atoms with Gasteiger partial charge in [-0.1, -0.05) is 72.8 Å². The maximum Gasteiger partial charge on any atom is 0.302 e. The van der Waals surface area contributed by atoms with E-state index in [0.717, 1.165) is 32.7 Å². The second-order valence-electron chi connectivity index (χ2n) is 10.1. The van der Waals surface area contributed by atoms with Crippen molar-refractivity contribution in [1.29, 1.82) is 0 Å². The van der Waals surface area contributed by atoms with Crippen LogP contribution in [0.15, 0.2) is 97.2 Å². The van der Waals surface area contributed by atoms with E-state index in [1.165, 1.54) is 0 Å². The van der Waals surface area contributed by atoms with Crippen LogP contribution in [0, 0.1) is 6.92 Å². The Morgan fingerprint density at radius 1 is 0.881 bits per heavy atom. The number of carbonyl (C=O) groups is 2. The Bertz CT molecular complexity index is 1780. The quantitative estimate of drug-likeness (QED) is 0.141. The smallest absolute Gasteiger partial charge is 0.302 e. The molecule has 2 N–H and O–H groups in total. The third-order valence-electron chi connectivity index (χ3n) is 7.51. The number of amides is 2. The van der Waals surface area contributed by atoms with Gasteiger partial charge in [0.15, 0.2) is 0 Å². The third-order valence-corrected chi connectivity index (χ3v) is 7.90. The van der Waals surface area contributed by atoms with Crippen LogP contribution in [-0.2, 0) is 28.6 Å². The van der Waals surface area contributed by atoms with Gasteiger partial charge in [0.25, 0.3) is 11.8 Å². The first-order chi connectivity index (χ1) is 20.4. The first-order valence-corrected chi connectivity index (χ1v) is 14.6. The number of rotatable bonds is 10. The Morgan fingerprint density at radius 3 is 2.29 bits per heavy atom. The van der Waals surface area contributed by atoms with E-state index < -0.39 is 29.3 Å². The molecule has 4 aromatic carbocycles. The Kier molecular flexibility index (Phi) is 7.71. The molecule has 2 amide bonds. The van der Waals surface area contributed by atoms with Crippen molar-refractivity contribution in [1.82, 2.24) is 4.98 Å². The van der Waals surface area contributed by atoms with Crippen LogP contribution in [0.5, 0.6) is 5.75 Å². The summed E-state index contributed by atoms with van der Waals surface area (Å²) < 4.78 is 33.3. The first kappa shape index (κ1) is 27.6. The topological polar surface area (TPSA) is 109 Å². The molecule has 1 aromatic heterocycles. The maximum atomic E-state index is 13.4. The number of nitrogens with one attached hydrogen (secondary N) is 1. The van der Waals surface area contributed by atoms with E-state index in [4.69, 9.17) is 8.92 Å². The van der Waals surface area contributed by atoms with Gasteiger partial charge in [-0.25, -0.2) is 4.90 Å². The number of carbonyl (C=O) groups excluding carboxylic acids is 2. The van der Waals surface area contributed by atoms with Gasteiger partial charge in [-0.3, -0.25) is 18.3 Å². The van der Waals surface area contributed by atoms with E-state index in [1.54, 1.807) is 49.4 Å². The van der Waals surface area contributed by atoms with Crippen LogP contribution in [0.4, 0.5) is 5.69 Å². The van der Waals surface area contributed by atoms with Crippen LogP contribution < -0.4 is 9.64 Å². The van der Waals surface area contributed by atoms with E-state index in [0.29, 0.717) is 47.4 Å². The van der Waals surface area contributed by atoms with E-state index in [-0.39, 0.29) is 0 Å². The summed E-state index contributed by atoms with van der Waals surface area (Å²) >= 11 is -2.59. The number of H-pyrrole nitrogens is 1. The van der Waals surface area contributed by atoms with E-state index in [1.807, 2.05) is 54.7 Å². The van der Waals surface area contributed by atoms with Gasteiger partial charge in [-0.15, -0.1) is 0 Å². The summed E-state index contributed by atoms with van der Waals surface area (Å²) in [6.07, 6.45) is 1.82. The number of benzene rings is 4. The highest BCUT2D eigenvalue weighted by molar-refractivity contribution is 7.74. The number of aromatic nitrogens is 1. The lowest BCUT2D eigenvalue weighted by Crippen LogP contribution is -2.31. The molecule has 0 saturated heterocycles. The molecule has 8 nitrogen and oxygen atoms in total. The van der Waals surface area contributed by atoms with Crippen LogP contribution in [0.25, 0.3) is 10.9 Å². The van der Waals surface area contributed by atoms with Crippen molar-refractivity contribution in [3.8, 4) is 5.75 Å². The fourth-order valence-electron chi connectivity index (χ4n) is 5.53. The van der Waals surface area contributed by atoms with Gasteiger partial charge in [0.2, 0.25) is 0 Å². The van der Waals surface area contributed by atoms with Crippen molar-refractivity contribution in [2.24, 2.45) is 0 Å². The molecule has 2 heterocycles. The van der Waals surface area contributed by atoms with E-state index in [2.05, 4.69) is 4.98 Å². The monoisotopic (exact) mass is 580 g/mol. The SMILES string of the molecule is Cc1cccc(C(CCc2c[nH]c3c(OCc4ccccc4)cccc23)OS(=O)O)c1N1C(=O)c2ccccc2C1=O. The second kappa shape index (κ2) is 11.7. The molecule has 42 heavy (non-hydrogen) atoms. The fraction of sp³-hybridized carbons (Fsp3) is 0.152. The number of anilines is 1. The lowest BCUT2D eigenvalue weighted by molar-refractivity contribution is 0.0925. The number of hydrogen-bond donors (Lipinski definition) is 2. The zero-order valence-corrected chi connectivity index (χ0v) is 23.6. The number of imide groups is 1. The summed E-state index contributed by atoms with van der Waals surface area (Å²) in [6.45, 7) is 2.23. The van der Waals surface area contributed by atoms with Gasteiger partial charge in [0.05, 0.1) is 22.3 Å². The molecule has 0 bridgehead atoms. The molecule has 6 rings (SSSR count). The Morgan fingerprint density at radius 2 is 1.57 bits per heavy atom. The zero-order chi connectivity index (χ0) is 29.2. The van der Waals surface area contributed by atoms with Crippen molar-refractivity contribution < 1.29 is 27.3 Å². The van der Waals surface area contributed by atoms with Crippen molar-refractivity contribution in [2.45, 2.75) is 32.5 Å². The number of aryl methyl sites for hydroxylation is 2. The Hall–Kier alpha value is -4.57. The molecule has 0 spiro atoms. The van der Waals surface area contributed by atoms with Gasteiger partial charge in [0, 0.05) is 17.1 Å². The molecule has 2 unspecified atom stereocenters. The van der Waals surface area contributed by atoms with Crippen LogP contribution in [0.2, 0.25) is 0 Å².